The third-order valence-electron chi connectivity index (χ3n) is 6.51. The van der Waals surface area contributed by atoms with E-state index in [1.54, 1.807) is 6.07 Å². The van der Waals surface area contributed by atoms with Crippen LogP contribution in [0.2, 0.25) is 0 Å². The van der Waals surface area contributed by atoms with Crippen LogP contribution >= 0.6 is 0 Å². The molecule has 1 aliphatic heterocycles. The minimum Gasteiger partial charge on any atom is -0.278 e. The maximum absolute atomic E-state index is 12.3. The zero-order valence-corrected chi connectivity index (χ0v) is 12.4. The van der Waals surface area contributed by atoms with E-state index in [0.29, 0.717) is 28.9 Å². The molecule has 0 radical (unpaired) electrons. The van der Waals surface area contributed by atoms with Crippen molar-refractivity contribution >= 4 is 11.8 Å². The Hall–Kier alpha value is -1.68. The van der Waals surface area contributed by atoms with Gasteiger partial charge in [0.15, 0.2) is 0 Å². The van der Waals surface area contributed by atoms with Crippen molar-refractivity contribution in [1.82, 2.24) is 5.06 Å². The predicted octanol–water partition coefficient (Wildman–Crippen LogP) is 3.21. The van der Waals surface area contributed by atoms with E-state index in [1.165, 1.54) is 32.1 Å². The lowest BCUT2D eigenvalue weighted by atomic mass is 9.50. The fraction of sp³-hybridized carbons (Fsp3) is 0.556. The highest BCUT2D eigenvalue weighted by molar-refractivity contribution is 6.21. The van der Waals surface area contributed by atoms with Crippen LogP contribution in [0, 0.1) is 23.7 Å². The Kier molecular flexibility index (Phi) is 2.44. The van der Waals surface area contributed by atoms with Crippen molar-refractivity contribution in [2.24, 2.45) is 23.7 Å². The Labute approximate surface area is 129 Å². The summed E-state index contributed by atoms with van der Waals surface area (Å²) in [5.74, 6) is 2.34. The van der Waals surface area contributed by atoms with Gasteiger partial charge in [-0.25, -0.2) is 0 Å². The maximum atomic E-state index is 12.3. The number of fused-ring (bicyclic) bond motifs is 1. The lowest BCUT2D eigenvalue weighted by Crippen LogP contribution is -2.44. The van der Waals surface area contributed by atoms with E-state index in [2.05, 4.69) is 0 Å². The lowest BCUT2D eigenvalue weighted by molar-refractivity contribution is -0.0330. The number of amides is 2. The summed E-state index contributed by atoms with van der Waals surface area (Å²) in [6, 6.07) is 5.53. The smallest absolute Gasteiger partial charge is 0.278 e. The van der Waals surface area contributed by atoms with E-state index in [-0.39, 0.29) is 5.06 Å². The summed E-state index contributed by atoms with van der Waals surface area (Å²) in [5.41, 5.74) is 1.85. The number of carbonyl (C=O) groups is 2. The summed E-state index contributed by atoms with van der Waals surface area (Å²) < 4.78 is 0. The molecule has 4 heteroatoms. The highest BCUT2D eigenvalue weighted by atomic mass is 16.5. The van der Waals surface area contributed by atoms with Gasteiger partial charge < -0.3 is 0 Å². The molecular weight excluding hydrogens is 278 g/mol. The molecule has 1 heterocycles. The fourth-order valence-electron chi connectivity index (χ4n) is 6.01. The summed E-state index contributed by atoms with van der Waals surface area (Å²) >= 11 is 0. The van der Waals surface area contributed by atoms with Crippen LogP contribution < -0.4 is 0 Å². The minimum absolute atomic E-state index is 0.282. The van der Waals surface area contributed by atoms with Crippen LogP contribution in [0.4, 0.5) is 0 Å². The molecular formula is C18H19NO3. The quantitative estimate of drug-likeness (QED) is 0.639. The first kappa shape index (κ1) is 12.8. The predicted molar refractivity (Wildman–Crippen MR) is 78.5 cm³/mol. The molecule has 1 aromatic rings. The first-order chi connectivity index (χ1) is 10.6. The van der Waals surface area contributed by atoms with E-state index >= 15 is 0 Å². The molecule has 0 aromatic heterocycles. The van der Waals surface area contributed by atoms with E-state index < -0.39 is 11.8 Å². The Bertz CT molecular complexity index is 668. The maximum Gasteiger partial charge on any atom is 0.285 e. The van der Waals surface area contributed by atoms with E-state index in [4.69, 9.17) is 0 Å². The second kappa shape index (κ2) is 4.19. The van der Waals surface area contributed by atoms with Crippen molar-refractivity contribution in [2.45, 2.75) is 38.0 Å². The summed E-state index contributed by atoms with van der Waals surface area (Å²) in [5, 5.41) is 9.98. The van der Waals surface area contributed by atoms with Gasteiger partial charge in [-0.05, 0) is 73.3 Å². The molecule has 5 aliphatic rings. The first-order valence-corrected chi connectivity index (χ1v) is 8.34. The van der Waals surface area contributed by atoms with Gasteiger partial charge >= 0.3 is 0 Å². The second-order valence-electron chi connectivity index (χ2n) is 7.65. The normalized spacial score (nSPS) is 38.8. The van der Waals surface area contributed by atoms with Crippen molar-refractivity contribution in [1.29, 1.82) is 0 Å². The zero-order chi connectivity index (χ0) is 15.0. The molecule has 0 saturated heterocycles. The van der Waals surface area contributed by atoms with E-state index in [9.17, 15) is 14.8 Å². The summed E-state index contributed by atoms with van der Waals surface area (Å²) in [4.78, 5) is 24.3. The number of carbonyl (C=O) groups excluding carboxylic acids is 2. The number of hydroxylamine groups is 2. The average molecular weight is 297 g/mol. The molecule has 0 spiro atoms. The highest BCUT2D eigenvalue weighted by Gasteiger charge is 2.50. The van der Waals surface area contributed by atoms with Crippen LogP contribution in [0.1, 0.15) is 64.3 Å². The van der Waals surface area contributed by atoms with Gasteiger partial charge in [-0.15, -0.1) is 5.06 Å². The highest BCUT2D eigenvalue weighted by Crippen LogP contribution is 2.60. The average Bonchev–Trinajstić information content (AvgIpc) is 2.72. The first-order valence-electron chi connectivity index (χ1n) is 8.34. The van der Waals surface area contributed by atoms with Gasteiger partial charge in [-0.3, -0.25) is 14.8 Å². The summed E-state index contributed by atoms with van der Waals surface area (Å²) in [6.07, 6.45) is 6.48. The van der Waals surface area contributed by atoms with Crippen LogP contribution in [0.5, 0.6) is 0 Å². The van der Waals surface area contributed by atoms with Crippen molar-refractivity contribution < 1.29 is 14.8 Å². The molecule has 6 rings (SSSR count). The van der Waals surface area contributed by atoms with Crippen LogP contribution in [0.25, 0.3) is 0 Å². The van der Waals surface area contributed by atoms with E-state index in [1.807, 2.05) is 12.1 Å². The lowest BCUT2D eigenvalue weighted by Gasteiger charge is -2.54. The largest absolute Gasteiger partial charge is 0.285 e. The molecule has 4 saturated carbocycles. The topological polar surface area (TPSA) is 57.6 Å². The van der Waals surface area contributed by atoms with E-state index in [0.717, 1.165) is 17.4 Å². The molecule has 2 amide bonds. The standard InChI is InChI=1S/C18H19NO3/c20-17-14-3-1-2-13(16(14)18(21)19(17)22)15-11-5-9-4-10(7-11)8-12(15)6-9/h1-3,9-12,15,22H,4-8H2. The monoisotopic (exact) mass is 297 g/mol. The van der Waals surface area contributed by atoms with Crippen LogP contribution in [-0.4, -0.2) is 22.1 Å². The van der Waals surface area contributed by atoms with Gasteiger partial charge in [0.25, 0.3) is 11.8 Å². The molecule has 4 fully saturated rings. The van der Waals surface area contributed by atoms with Gasteiger partial charge in [0.2, 0.25) is 0 Å². The molecule has 114 valence electrons. The number of hydrogen-bond acceptors (Lipinski definition) is 3. The molecule has 1 N–H and O–H groups in total. The van der Waals surface area contributed by atoms with Crippen molar-refractivity contribution in [2.75, 3.05) is 0 Å². The Morgan fingerprint density at radius 3 is 2.18 bits per heavy atom. The van der Waals surface area contributed by atoms with Gasteiger partial charge in [0, 0.05) is 0 Å². The third kappa shape index (κ3) is 1.51. The van der Waals surface area contributed by atoms with Gasteiger partial charge in [0.1, 0.15) is 0 Å². The van der Waals surface area contributed by atoms with Crippen LogP contribution in [-0.2, 0) is 0 Å². The van der Waals surface area contributed by atoms with Crippen molar-refractivity contribution in [3.63, 3.8) is 0 Å². The van der Waals surface area contributed by atoms with Crippen LogP contribution in [0.15, 0.2) is 18.2 Å². The molecule has 4 bridgehead atoms. The Morgan fingerprint density at radius 1 is 0.909 bits per heavy atom. The second-order valence-corrected chi connectivity index (χ2v) is 7.65. The number of hydrogen-bond donors (Lipinski definition) is 1. The Balaban J connectivity index is 1.63. The molecule has 4 aliphatic carbocycles. The SMILES string of the molecule is O=C1c2cccc(C3C4CC5CC(C4)CC3C5)c2C(=O)N1O. The number of rotatable bonds is 1. The van der Waals surface area contributed by atoms with Gasteiger partial charge in [-0.2, -0.15) is 0 Å². The molecule has 0 unspecified atom stereocenters. The summed E-state index contributed by atoms with van der Waals surface area (Å²) in [7, 11) is 0. The van der Waals surface area contributed by atoms with Crippen molar-refractivity contribution in [3.8, 4) is 0 Å². The molecule has 4 nitrogen and oxygen atoms in total. The molecule has 22 heavy (non-hydrogen) atoms. The zero-order valence-electron chi connectivity index (χ0n) is 12.4. The number of benzene rings is 1. The van der Waals surface area contributed by atoms with Gasteiger partial charge in [0.05, 0.1) is 11.1 Å². The Morgan fingerprint density at radius 2 is 1.55 bits per heavy atom. The number of nitrogens with zero attached hydrogens (tertiary/aromatic N) is 1. The summed E-state index contributed by atoms with van der Waals surface area (Å²) in [6.45, 7) is 0. The molecule has 0 atom stereocenters. The molecule has 1 aromatic carbocycles. The fourth-order valence-corrected chi connectivity index (χ4v) is 6.01. The third-order valence-corrected chi connectivity index (χ3v) is 6.51. The number of imide groups is 1. The van der Waals surface area contributed by atoms with Crippen molar-refractivity contribution in [3.05, 3.63) is 34.9 Å². The van der Waals surface area contributed by atoms with Crippen LogP contribution in [0.3, 0.4) is 0 Å². The van der Waals surface area contributed by atoms with Gasteiger partial charge in [-0.1, -0.05) is 12.1 Å². The minimum atomic E-state index is -0.578.